The Kier molecular flexibility index (Phi) is 3.42. The minimum atomic E-state index is -0.135. The molecule has 0 bridgehead atoms. The number of aromatic nitrogens is 2. The van der Waals surface area contributed by atoms with Gasteiger partial charge in [0.05, 0.1) is 5.69 Å². The number of benzene rings is 2. The zero-order chi connectivity index (χ0) is 15.6. The maximum atomic E-state index is 12.6. The van der Waals surface area contributed by atoms with Crippen LogP contribution in [0.25, 0.3) is 5.69 Å². The lowest BCUT2D eigenvalue weighted by molar-refractivity contribution is 0.102. The first-order valence-electron chi connectivity index (χ1n) is 7.85. The Morgan fingerprint density at radius 1 is 0.957 bits per heavy atom. The van der Waals surface area contributed by atoms with Crippen molar-refractivity contribution in [3.8, 4) is 5.69 Å². The van der Waals surface area contributed by atoms with E-state index in [-0.39, 0.29) is 5.91 Å². The topological polar surface area (TPSA) is 46.9 Å². The Bertz CT molecular complexity index is 838. The molecule has 1 aromatic heterocycles. The summed E-state index contributed by atoms with van der Waals surface area (Å²) in [5.74, 6) is -0.135. The minimum absolute atomic E-state index is 0.135. The van der Waals surface area contributed by atoms with Crippen LogP contribution in [0.4, 0.5) is 5.69 Å². The van der Waals surface area contributed by atoms with Crippen LogP contribution >= 0.6 is 0 Å². The van der Waals surface area contributed by atoms with Crippen molar-refractivity contribution in [2.24, 2.45) is 0 Å². The second kappa shape index (κ2) is 5.72. The molecule has 0 atom stereocenters. The van der Waals surface area contributed by atoms with Crippen LogP contribution in [0.3, 0.4) is 0 Å². The van der Waals surface area contributed by atoms with Gasteiger partial charge in [-0.25, -0.2) is 4.68 Å². The van der Waals surface area contributed by atoms with Gasteiger partial charge in [0.25, 0.3) is 5.91 Å². The SMILES string of the molecule is O=C(Nc1ccccc1)c1nn(-c2ccccc2)c2c1CCC2. The average Bonchev–Trinajstić information content (AvgIpc) is 3.18. The largest absolute Gasteiger partial charge is 0.321 e. The molecule has 0 aliphatic heterocycles. The van der Waals surface area contributed by atoms with E-state index in [4.69, 9.17) is 0 Å². The zero-order valence-corrected chi connectivity index (χ0v) is 12.7. The fourth-order valence-corrected chi connectivity index (χ4v) is 3.11. The highest BCUT2D eigenvalue weighted by molar-refractivity contribution is 6.04. The van der Waals surface area contributed by atoms with E-state index in [9.17, 15) is 4.79 Å². The van der Waals surface area contributed by atoms with Crippen LogP contribution in [-0.4, -0.2) is 15.7 Å². The molecule has 1 aliphatic carbocycles. The Labute approximate surface area is 134 Å². The summed E-state index contributed by atoms with van der Waals surface area (Å²) in [6.45, 7) is 0. The smallest absolute Gasteiger partial charge is 0.276 e. The average molecular weight is 303 g/mol. The van der Waals surface area contributed by atoms with Gasteiger partial charge in [0.2, 0.25) is 0 Å². The van der Waals surface area contributed by atoms with Crippen molar-refractivity contribution in [3.05, 3.63) is 77.6 Å². The van der Waals surface area contributed by atoms with Gasteiger partial charge in [-0.3, -0.25) is 4.79 Å². The van der Waals surface area contributed by atoms with E-state index < -0.39 is 0 Å². The molecular weight excluding hydrogens is 286 g/mol. The van der Waals surface area contributed by atoms with Crippen LogP contribution in [0.15, 0.2) is 60.7 Å². The summed E-state index contributed by atoms with van der Waals surface area (Å²) in [6.07, 6.45) is 2.96. The van der Waals surface area contributed by atoms with Crippen LogP contribution in [0.5, 0.6) is 0 Å². The maximum absolute atomic E-state index is 12.6. The fraction of sp³-hybridized carbons (Fsp3) is 0.158. The Morgan fingerprint density at radius 2 is 1.65 bits per heavy atom. The third kappa shape index (κ3) is 2.52. The highest BCUT2D eigenvalue weighted by atomic mass is 16.2. The van der Waals surface area contributed by atoms with Crippen LogP contribution in [0, 0.1) is 0 Å². The second-order valence-corrected chi connectivity index (χ2v) is 5.69. The number of hydrogen-bond donors (Lipinski definition) is 1. The van der Waals surface area contributed by atoms with E-state index in [1.165, 1.54) is 0 Å². The van der Waals surface area contributed by atoms with Crippen molar-refractivity contribution in [1.29, 1.82) is 0 Å². The second-order valence-electron chi connectivity index (χ2n) is 5.69. The van der Waals surface area contributed by atoms with Gasteiger partial charge < -0.3 is 5.32 Å². The lowest BCUT2D eigenvalue weighted by atomic mass is 10.2. The molecule has 1 aliphatic rings. The zero-order valence-electron chi connectivity index (χ0n) is 12.7. The van der Waals surface area contributed by atoms with E-state index in [0.717, 1.165) is 41.9 Å². The van der Waals surface area contributed by atoms with E-state index >= 15 is 0 Å². The molecular formula is C19H17N3O. The molecule has 0 saturated carbocycles. The highest BCUT2D eigenvalue weighted by Gasteiger charge is 2.26. The first-order chi connectivity index (χ1) is 11.3. The summed E-state index contributed by atoms with van der Waals surface area (Å²) < 4.78 is 1.92. The number of hydrogen-bond acceptors (Lipinski definition) is 2. The lowest BCUT2D eigenvalue weighted by Gasteiger charge is -2.05. The van der Waals surface area contributed by atoms with Gasteiger partial charge in [0.1, 0.15) is 0 Å². The molecule has 1 N–H and O–H groups in total. The summed E-state index contributed by atoms with van der Waals surface area (Å²) in [6, 6.07) is 19.5. The number of nitrogens with one attached hydrogen (secondary N) is 1. The van der Waals surface area contributed by atoms with Crippen LogP contribution in [0.1, 0.15) is 28.2 Å². The highest BCUT2D eigenvalue weighted by Crippen LogP contribution is 2.28. The van der Waals surface area contributed by atoms with E-state index in [2.05, 4.69) is 10.4 Å². The molecule has 3 aromatic rings. The molecule has 114 valence electrons. The quantitative estimate of drug-likeness (QED) is 0.803. The van der Waals surface area contributed by atoms with Gasteiger partial charge in [-0.1, -0.05) is 36.4 Å². The first-order valence-corrected chi connectivity index (χ1v) is 7.85. The lowest BCUT2D eigenvalue weighted by Crippen LogP contribution is -2.14. The maximum Gasteiger partial charge on any atom is 0.276 e. The van der Waals surface area contributed by atoms with Gasteiger partial charge in [-0.15, -0.1) is 0 Å². The Hall–Kier alpha value is -2.88. The molecule has 4 nitrogen and oxygen atoms in total. The molecule has 0 spiro atoms. The van der Waals surface area contributed by atoms with Gasteiger partial charge in [0.15, 0.2) is 5.69 Å². The summed E-state index contributed by atoms with van der Waals surface area (Å²) in [5.41, 5.74) is 4.59. The molecule has 4 heteroatoms. The van der Waals surface area contributed by atoms with Crippen molar-refractivity contribution in [1.82, 2.24) is 9.78 Å². The molecule has 0 fully saturated rings. The van der Waals surface area contributed by atoms with Crippen molar-refractivity contribution >= 4 is 11.6 Å². The van der Waals surface area contributed by atoms with Crippen LogP contribution in [0.2, 0.25) is 0 Å². The van der Waals surface area contributed by atoms with Crippen molar-refractivity contribution in [2.75, 3.05) is 5.32 Å². The first kappa shape index (κ1) is 13.8. The predicted octanol–water partition coefficient (Wildman–Crippen LogP) is 3.61. The molecule has 1 amide bonds. The number of anilines is 1. The van der Waals surface area contributed by atoms with Crippen LogP contribution in [-0.2, 0) is 12.8 Å². The number of fused-ring (bicyclic) bond motifs is 1. The molecule has 4 rings (SSSR count). The van der Waals surface area contributed by atoms with Crippen LogP contribution < -0.4 is 5.32 Å². The molecule has 1 heterocycles. The summed E-state index contributed by atoms with van der Waals surface area (Å²) in [7, 11) is 0. The number of nitrogens with zero attached hydrogens (tertiary/aromatic N) is 2. The standard InChI is InChI=1S/C19H17N3O/c23-19(20-14-8-3-1-4-9-14)18-16-12-7-13-17(16)22(21-18)15-10-5-2-6-11-15/h1-6,8-11H,7,12-13H2,(H,20,23). The van der Waals surface area contributed by atoms with Gasteiger partial charge in [-0.05, 0) is 43.5 Å². The minimum Gasteiger partial charge on any atom is -0.321 e. The summed E-state index contributed by atoms with van der Waals surface area (Å²) >= 11 is 0. The van der Waals surface area contributed by atoms with E-state index in [1.54, 1.807) is 0 Å². The fourth-order valence-electron chi connectivity index (χ4n) is 3.11. The van der Waals surface area contributed by atoms with Gasteiger partial charge in [-0.2, -0.15) is 5.10 Å². The van der Waals surface area contributed by atoms with Gasteiger partial charge in [0, 0.05) is 16.9 Å². The van der Waals surface area contributed by atoms with Crippen molar-refractivity contribution in [2.45, 2.75) is 19.3 Å². The third-order valence-corrected chi connectivity index (χ3v) is 4.18. The Morgan fingerprint density at radius 3 is 2.39 bits per heavy atom. The summed E-state index contributed by atoms with van der Waals surface area (Å²) in [5, 5.41) is 7.54. The predicted molar refractivity (Wildman–Crippen MR) is 90.0 cm³/mol. The number of carbonyl (C=O) groups excluding carboxylic acids is 1. The molecule has 2 aromatic carbocycles. The number of amides is 1. The van der Waals surface area contributed by atoms with Crippen molar-refractivity contribution < 1.29 is 4.79 Å². The molecule has 23 heavy (non-hydrogen) atoms. The number of carbonyl (C=O) groups is 1. The van der Waals surface area contributed by atoms with E-state index in [0.29, 0.717) is 5.69 Å². The Balaban J connectivity index is 1.71. The number of para-hydroxylation sites is 2. The van der Waals surface area contributed by atoms with Crippen molar-refractivity contribution in [3.63, 3.8) is 0 Å². The number of rotatable bonds is 3. The molecule has 0 unspecified atom stereocenters. The normalized spacial score (nSPS) is 12.9. The molecule has 0 radical (unpaired) electrons. The summed E-state index contributed by atoms with van der Waals surface area (Å²) in [4.78, 5) is 12.6. The molecule has 0 saturated heterocycles. The van der Waals surface area contributed by atoms with E-state index in [1.807, 2.05) is 65.3 Å². The monoisotopic (exact) mass is 303 g/mol. The third-order valence-electron chi connectivity index (χ3n) is 4.18. The van der Waals surface area contributed by atoms with Gasteiger partial charge >= 0.3 is 0 Å².